The van der Waals surface area contributed by atoms with E-state index in [0.29, 0.717) is 29.9 Å². The molecule has 1 aliphatic heterocycles. The van der Waals surface area contributed by atoms with Crippen LogP contribution >= 0.6 is 0 Å². The zero-order valence-electron chi connectivity index (χ0n) is 15.3. The van der Waals surface area contributed by atoms with Gasteiger partial charge in [0.05, 0.1) is 11.6 Å². The molecule has 0 spiro atoms. The Morgan fingerprint density at radius 2 is 2.00 bits per heavy atom. The van der Waals surface area contributed by atoms with E-state index >= 15 is 0 Å². The van der Waals surface area contributed by atoms with E-state index in [1.54, 1.807) is 12.1 Å². The van der Waals surface area contributed by atoms with Crippen LogP contribution in [0.5, 0.6) is 0 Å². The van der Waals surface area contributed by atoms with Gasteiger partial charge in [-0.2, -0.15) is 0 Å². The Morgan fingerprint density at radius 3 is 2.77 bits per heavy atom. The van der Waals surface area contributed by atoms with Crippen LogP contribution in [0, 0.1) is 5.92 Å². The summed E-state index contributed by atoms with van der Waals surface area (Å²) >= 11 is 0. The van der Waals surface area contributed by atoms with Gasteiger partial charge in [-0.25, -0.2) is 4.98 Å². The standard InChI is InChI=1S/C19H25N5O2/c1-3-7-17(25)24-11-6-8-13(2)16(24)12-20-19(26)18-21-14-9-4-5-10-15(14)22-23-18/h4-5,9-10,13,16H,3,6-8,11-12H2,1-2H3,(H,20,26). The molecule has 1 N–H and O–H groups in total. The summed E-state index contributed by atoms with van der Waals surface area (Å²) in [6, 6.07) is 7.32. The molecule has 7 heteroatoms. The monoisotopic (exact) mass is 355 g/mol. The Morgan fingerprint density at radius 1 is 1.23 bits per heavy atom. The van der Waals surface area contributed by atoms with Gasteiger partial charge in [-0.1, -0.05) is 26.0 Å². The van der Waals surface area contributed by atoms with Crippen LogP contribution in [-0.4, -0.2) is 51.0 Å². The van der Waals surface area contributed by atoms with Crippen molar-refractivity contribution >= 4 is 22.8 Å². The van der Waals surface area contributed by atoms with Gasteiger partial charge in [0.1, 0.15) is 5.52 Å². The van der Waals surface area contributed by atoms with E-state index < -0.39 is 0 Å². The lowest BCUT2D eigenvalue weighted by molar-refractivity contribution is -0.136. The highest BCUT2D eigenvalue weighted by Gasteiger charge is 2.31. The lowest BCUT2D eigenvalue weighted by Gasteiger charge is -2.40. The van der Waals surface area contributed by atoms with Crippen molar-refractivity contribution in [1.82, 2.24) is 25.4 Å². The third-order valence-corrected chi connectivity index (χ3v) is 4.94. The molecule has 2 aromatic rings. The quantitative estimate of drug-likeness (QED) is 0.888. The molecule has 0 saturated carbocycles. The van der Waals surface area contributed by atoms with Gasteiger partial charge in [0.2, 0.25) is 11.7 Å². The van der Waals surface area contributed by atoms with Crippen LogP contribution < -0.4 is 5.32 Å². The number of piperidine rings is 1. The zero-order chi connectivity index (χ0) is 18.5. The van der Waals surface area contributed by atoms with E-state index in [4.69, 9.17) is 0 Å². The highest BCUT2D eigenvalue weighted by molar-refractivity contribution is 5.91. The maximum absolute atomic E-state index is 12.5. The predicted molar refractivity (Wildman–Crippen MR) is 98.5 cm³/mol. The number of fused-ring (bicyclic) bond motifs is 1. The number of nitrogens with zero attached hydrogens (tertiary/aromatic N) is 4. The average molecular weight is 355 g/mol. The van der Waals surface area contributed by atoms with Gasteiger partial charge in [-0.05, 0) is 37.3 Å². The molecule has 1 aromatic heterocycles. The number of likely N-dealkylation sites (tertiary alicyclic amines) is 1. The van der Waals surface area contributed by atoms with Gasteiger partial charge in [-0.15, -0.1) is 10.2 Å². The van der Waals surface area contributed by atoms with Crippen LogP contribution in [0.15, 0.2) is 24.3 Å². The first-order chi connectivity index (χ1) is 12.6. The Labute approximate surface area is 153 Å². The number of benzene rings is 1. The summed E-state index contributed by atoms with van der Waals surface area (Å²) in [5.74, 6) is 0.213. The van der Waals surface area contributed by atoms with Crippen molar-refractivity contribution < 1.29 is 9.59 Å². The molecule has 1 aromatic carbocycles. The molecule has 2 heterocycles. The second-order valence-electron chi connectivity index (χ2n) is 6.86. The van der Waals surface area contributed by atoms with Crippen LogP contribution in [0.4, 0.5) is 0 Å². The maximum Gasteiger partial charge on any atom is 0.291 e. The number of hydrogen-bond donors (Lipinski definition) is 1. The fourth-order valence-electron chi connectivity index (χ4n) is 3.48. The maximum atomic E-state index is 12.5. The van der Waals surface area contributed by atoms with Crippen molar-refractivity contribution in [2.45, 2.75) is 45.6 Å². The molecule has 0 radical (unpaired) electrons. The fourth-order valence-corrected chi connectivity index (χ4v) is 3.48. The van der Waals surface area contributed by atoms with Gasteiger partial charge < -0.3 is 10.2 Å². The summed E-state index contributed by atoms with van der Waals surface area (Å²) < 4.78 is 0. The van der Waals surface area contributed by atoms with Crippen molar-refractivity contribution in [2.24, 2.45) is 5.92 Å². The number of nitrogens with one attached hydrogen (secondary N) is 1. The Kier molecular flexibility index (Phi) is 5.75. The van der Waals surface area contributed by atoms with Crippen molar-refractivity contribution in [3.05, 3.63) is 30.1 Å². The minimum Gasteiger partial charge on any atom is -0.347 e. The second-order valence-corrected chi connectivity index (χ2v) is 6.86. The summed E-state index contributed by atoms with van der Waals surface area (Å²) in [6.45, 7) is 5.31. The zero-order valence-corrected chi connectivity index (χ0v) is 15.3. The molecule has 3 rings (SSSR count). The number of rotatable bonds is 5. The molecular weight excluding hydrogens is 330 g/mol. The summed E-state index contributed by atoms with van der Waals surface area (Å²) in [7, 11) is 0. The van der Waals surface area contributed by atoms with Crippen molar-refractivity contribution in [3.63, 3.8) is 0 Å². The van der Waals surface area contributed by atoms with E-state index in [9.17, 15) is 9.59 Å². The van der Waals surface area contributed by atoms with Crippen LogP contribution in [-0.2, 0) is 4.79 Å². The lowest BCUT2D eigenvalue weighted by Crippen LogP contribution is -2.53. The van der Waals surface area contributed by atoms with Gasteiger partial charge in [-0.3, -0.25) is 9.59 Å². The Balaban J connectivity index is 1.68. The van der Waals surface area contributed by atoms with Gasteiger partial charge in [0, 0.05) is 19.5 Å². The molecule has 26 heavy (non-hydrogen) atoms. The smallest absolute Gasteiger partial charge is 0.291 e. The molecule has 7 nitrogen and oxygen atoms in total. The predicted octanol–water partition coefficient (Wildman–Crippen LogP) is 2.18. The first-order valence-corrected chi connectivity index (χ1v) is 9.27. The highest BCUT2D eigenvalue weighted by atomic mass is 16.2. The summed E-state index contributed by atoms with van der Waals surface area (Å²) in [4.78, 5) is 31.1. The summed E-state index contributed by atoms with van der Waals surface area (Å²) in [5, 5.41) is 10.9. The topological polar surface area (TPSA) is 88.1 Å². The number of hydrogen-bond acceptors (Lipinski definition) is 5. The van der Waals surface area contributed by atoms with Crippen molar-refractivity contribution in [1.29, 1.82) is 0 Å². The minimum absolute atomic E-state index is 0.0140. The van der Waals surface area contributed by atoms with Crippen LogP contribution in [0.25, 0.3) is 11.0 Å². The molecule has 0 aliphatic carbocycles. The summed E-state index contributed by atoms with van der Waals surface area (Å²) in [6.07, 6.45) is 3.46. The average Bonchev–Trinajstić information content (AvgIpc) is 2.66. The number of para-hydroxylation sites is 1. The van der Waals surface area contributed by atoms with E-state index in [1.165, 1.54) is 0 Å². The van der Waals surface area contributed by atoms with Crippen LogP contribution in [0.3, 0.4) is 0 Å². The first kappa shape index (κ1) is 18.2. The minimum atomic E-state index is -0.357. The SMILES string of the molecule is CCCC(=O)N1CCCC(C)C1CNC(=O)c1nnc2ccccc2n1. The number of carbonyl (C=O) groups is 2. The molecule has 1 saturated heterocycles. The third-order valence-electron chi connectivity index (χ3n) is 4.94. The normalized spacial score (nSPS) is 20.2. The molecule has 2 unspecified atom stereocenters. The van der Waals surface area contributed by atoms with Crippen LogP contribution in [0.1, 0.15) is 50.1 Å². The number of carbonyl (C=O) groups excluding carboxylic acids is 2. The van der Waals surface area contributed by atoms with E-state index in [2.05, 4.69) is 27.4 Å². The molecule has 2 atom stereocenters. The third kappa shape index (κ3) is 3.98. The Hall–Kier alpha value is -2.57. The summed E-state index contributed by atoms with van der Waals surface area (Å²) in [5.41, 5.74) is 1.29. The molecule has 2 amide bonds. The number of amides is 2. The largest absolute Gasteiger partial charge is 0.347 e. The molecule has 1 aliphatic rings. The van der Waals surface area contributed by atoms with Crippen molar-refractivity contribution in [2.75, 3.05) is 13.1 Å². The molecule has 138 valence electrons. The highest BCUT2D eigenvalue weighted by Crippen LogP contribution is 2.24. The van der Waals surface area contributed by atoms with E-state index in [-0.39, 0.29) is 23.7 Å². The van der Waals surface area contributed by atoms with Gasteiger partial charge in [0.15, 0.2) is 0 Å². The van der Waals surface area contributed by atoms with Gasteiger partial charge in [0.25, 0.3) is 5.91 Å². The fraction of sp³-hybridized carbons (Fsp3) is 0.526. The van der Waals surface area contributed by atoms with Gasteiger partial charge >= 0.3 is 0 Å². The van der Waals surface area contributed by atoms with E-state index in [1.807, 2.05) is 24.0 Å². The first-order valence-electron chi connectivity index (χ1n) is 9.27. The second kappa shape index (κ2) is 8.21. The molecule has 0 bridgehead atoms. The molecule has 1 fully saturated rings. The van der Waals surface area contributed by atoms with E-state index in [0.717, 1.165) is 25.8 Å². The Bertz CT molecular complexity index is 794. The molecular formula is C19H25N5O2. The lowest BCUT2D eigenvalue weighted by atomic mass is 9.90. The van der Waals surface area contributed by atoms with Crippen molar-refractivity contribution in [3.8, 4) is 0 Å². The van der Waals surface area contributed by atoms with Crippen LogP contribution in [0.2, 0.25) is 0 Å². The number of aromatic nitrogens is 3.